The van der Waals surface area contributed by atoms with Gasteiger partial charge in [0, 0.05) is 19.6 Å². The summed E-state index contributed by atoms with van der Waals surface area (Å²) in [5.74, 6) is 0. The van der Waals surface area contributed by atoms with Crippen molar-refractivity contribution in [1.82, 2.24) is 5.32 Å². The van der Waals surface area contributed by atoms with Crippen LogP contribution in [0.3, 0.4) is 0 Å². The van der Waals surface area contributed by atoms with E-state index in [0.29, 0.717) is 5.69 Å². The number of benzene rings is 1. The summed E-state index contributed by atoms with van der Waals surface area (Å²) < 4.78 is 32.8. The second-order valence-electron chi connectivity index (χ2n) is 5.12. The molecule has 0 amide bonds. The van der Waals surface area contributed by atoms with E-state index in [-0.39, 0.29) is 4.90 Å². The molecule has 2 rings (SSSR count). The fraction of sp³-hybridized carbons (Fsp3) is 0.571. The Labute approximate surface area is 120 Å². The molecule has 0 aliphatic carbocycles. The van der Waals surface area contributed by atoms with Crippen molar-refractivity contribution in [3.63, 3.8) is 0 Å². The lowest BCUT2D eigenvalue weighted by atomic mass is 10.1. The van der Waals surface area contributed by atoms with Gasteiger partial charge in [0.25, 0.3) is 10.1 Å². The van der Waals surface area contributed by atoms with E-state index in [1.807, 2.05) is 24.0 Å². The molecule has 1 fully saturated rings. The first kappa shape index (κ1) is 15.3. The van der Waals surface area contributed by atoms with Gasteiger partial charge in [-0.3, -0.25) is 4.55 Å². The molecule has 1 aliphatic heterocycles. The second kappa shape index (κ2) is 6.56. The normalized spacial score (nSPS) is 17.0. The molecule has 0 unspecified atom stereocenters. The van der Waals surface area contributed by atoms with Crippen LogP contribution in [-0.2, 0) is 16.5 Å². The third kappa shape index (κ3) is 3.71. The lowest BCUT2D eigenvalue weighted by Crippen LogP contribution is -2.29. The Kier molecular flexibility index (Phi) is 5.01. The van der Waals surface area contributed by atoms with Gasteiger partial charge in [-0.05, 0) is 37.1 Å². The summed E-state index contributed by atoms with van der Waals surface area (Å²) in [5, 5.41) is 3.28. The van der Waals surface area contributed by atoms with Crippen LogP contribution >= 0.6 is 0 Å². The van der Waals surface area contributed by atoms with Crippen molar-refractivity contribution in [1.29, 1.82) is 0 Å². The van der Waals surface area contributed by atoms with Gasteiger partial charge in [-0.25, -0.2) is 0 Å². The van der Waals surface area contributed by atoms with E-state index in [1.165, 1.54) is 0 Å². The number of hydrogen-bond donors (Lipinski definition) is 2. The van der Waals surface area contributed by atoms with Gasteiger partial charge in [0.2, 0.25) is 0 Å². The van der Waals surface area contributed by atoms with Crippen LogP contribution in [0, 0.1) is 0 Å². The second-order valence-corrected chi connectivity index (χ2v) is 6.51. The van der Waals surface area contributed by atoms with Gasteiger partial charge in [-0.1, -0.05) is 19.4 Å². The third-order valence-electron chi connectivity index (χ3n) is 3.52. The maximum Gasteiger partial charge on any atom is 0.296 e. The third-order valence-corrected chi connectivity index (χ3v) is 4.40. The zero-order chi connectivity index (χ0) is 14.6. The number of nitrogens with one attached hydrogen (secondary N) is 1. The first-order valence-electron chi connectivity index (χ1n) is 7.08. The summed E-state index contributed by atoms with van der Waals surface area (Å²) in [4.78, 5) is 2.06. The molecular formula is C14H22N2O3S. The largest absolute Gasteiger partial charge is 0.369 e. The standard InChI is InChI=1S/C14H22N2O3S/c1-2-4-12-5-6-13(14(11-12)20(17,18)19)16-9-3-7-15-8-10-16/h5-6,11,15H,2-4,7-10H2,1H3,(H,17,18,19). The topological polar surface area (TPSA) is 69.6 Å². The van der Waals surface area contributed by atoms with E-state index >= 15 is 0 Å². The quantitative estimate of drug-likeness (QED) is 0.828. The van der Waals surface area contributed by atoms with Crippen LogP contribution in [0.2, 0.25) is 0 Å². The fourth-order valence-corrected chi connectivity index (χ4v) is 3.32. The number of rotatable bonds is 4. The monoisotopic (exact) mass is 298 g/mol. The Morgan fingerprint density at radius 3 is 2.80 bits per heavy atom. The number of hydrogen-bond acceptors (Lipinski definition) is 4. The van der Waals surface area contributed by atoms with Crippen LogP contribution in [0.15, 0.2) is 23.1 Å². The molecule has 20 heavy (non-hydrogen) atoms. The van der Waals surface area contributed by atoms with Crippen LogP contribution in [0.25, 0.3) is 0 Å². The van der Waals surface area contributed by atoms with Gasteiger partial charge in [-0.2, -0.15) is 8.42 Å². The summed E-state index contributed by atoms with van der Waals surface area (Å²) in [6.45, 7) is 5.34. The van der Waals surface area contributed by atoms with E-state index in [0.717, 1.165) is 51.0 Å². The van der Waals surface area contributed by atoms with E-state index in [9.17, 15) is 13.0 Å². The van der Waals surface area contributed by atoms with Gasteiger partial charge in [0.1, 0.15) is 4.90 Å². The first-order chi connectivity index (χ1) is 9.52. The van der Waals surface area contributed by atoms with Crippen molar-refractivity contribution in [3.8, 4) is 0 Å². The zero-order valence-electron chi connectivity index (χ0n) is 11.8. The van der Waals surface area contributed by atoms with E-state index in [4.69, 9.17) is 0 Å². The van der Waals surface area contributed by atoms with Crippen LogP contribution in [0.5, 0.6) is 0 Å². The summed E-state index contributed by atoms with van der Waals surface area (Å²) in [6.07, 6.45) is 2.71. The summed E-state index contributed by atoms with van der Waals surface area (Å²) in [5.41, 5.74) is 1.55. The van der Waals surface area contributed by atoms with Crippen molar-refractivity contribution in [2.75, 3.05) is 31.1 Å². The molecule has 5 nitrogen and oxygen atoms in total. The highest BCUT2D eigenvalue weighted by molar-refractivity contribution is 7.86. The molecule has 0 aromatic heterocycles. The predicted molar refractivity (Wildman–Crippen MR) is 80.0 cm³/mol. The van der Waals surface area contributed by atoms with Gasteiger partial charge >= 0.3 is 0 Å². The molecule has 1 heterocycles. The molecule has 1 aromatic rings. The molecule has 6 heteroatoms. The van der Waals surface area contributed by atoms with Crippen molar-refractivity contribution in [2.45, 2.75) is 31.1 Å². The lowest BCUT2D eigenvalue weighted by Gasteiger charge is -2.24. The summed E-state index contributed by atoms with van der Waals surface area (Å²) in [7, 11) is -4.20. The highest BCUT2D eigenvalue weighted by Gasteiger charge is 2.21. The molecule has 1 aliphatic rings. The maximum atomic E-state index is 11.7. The summed E-state index contributed by atoms with van der Waals surface area (Å²) >= 11 is 0. The number of anilines is 1. The molecule has 112 valence electrons. The Morgan fingerprint density at radius 2 is 2.10 bits per heavy atom. The molecule has 2 N–H and O–H groups in total. The maximum absolute atomic E-state index is 11.7. The summed E-state index contributed by atoms with van der Waals surface area (Å²) in [6, 6.07) is 5.37. The lowest BCUT2D eigenvalue weighted by molar-refractivity contribution is 0.483. The smallest absolute Gasteiger partial charge is 0.296 e. The highest BCUT2D eigenvalue weighted by Crippen LogP contribution is 2.27. The Hall–Kier alpha value is -1.11. The highest BCUT2D eigenvalue weighted by atomic mass is 32.2. The van der Waals surface area contributed by atoms with Crippen LogP contribution in [0.4, 0.5) is 5.69 Å². The van der Waals surface area contributed by atoms with Gasteiger partial charge in [0.05, 0.1) is 5.69 Å². The minimum absolute atomic E-state index is 0.0327. The number of aryl methyl sites for hydroxylation is 1. The Bertz CT molecular complexity index is 550. The van der Waals surface area contributed by atoms with Crippen molar-refractivity contribution < 1.29 is 13.0 Å². The first-order valence-corrected chi connectivity index (χ1v) is 8.52. The van der Waals surface area contributed by atoms with E-state index in [1.54, 1.807) is 6.07 Å². The predicted octanol–water partition coefficient (Wildman–Crippen LogP) is 1.69. The van der Waals surface area contributed by atoms with Gasteiger partial charge in [0.15, 0.2) is 0 Å². The molecular weight excluding hydrogens is 276 g/mol. The molecule has 0 atom stereocenters. The molecule has 0 saturated carbocycles. The van der Waals surface area contributed by atoms with Gasteiger partial charge < -0.3 is 10.2 Å². The Morgan fingerprint density at radius 1 is 1.30 bits per heavy atom. The van der Waals surface area contributed by atoms with Crippen molar-refractivity contribution >= 4 is 15.8 Å². The van der Waals surface area contributed by atoms with Crippen LogP contribution < -0.4 is 10.2 Å². The minimum atomic E-state index is -4.20. The number of nitrogens with zero attached hydrogens (tertiary/aromatic N) is 1. The SMILES string of the molecule is CCCc1ccc(N2CCCNCC2)c(S(=O)(=O)O)c1. The van der Waals surface area contributed by atoms with Crippen molar-refractivity contribution in [3.05, 3.63) is 23.8 Å². The van der Waals surface area contributed by atoms with Gasteiger partial charge in [-0.15, -0.1) is 0 Å². The fourth-order valence-electron chi connectivity index (χ4n) is 2.56. The molecule has 0 spiro atoms. The van der Waals surface area contributed by atoms with Crippen LogP contribution in [0.1, 0.15) is 25.3 Å². The molecule has 0 bridgehead atoms. The molecule has 0 radical (unpaired) electrons. The average Bonchev–Trinajstić information content (AvgIpc) is 2.67. The zero-order valence-corrected chi connectivity index (χ0v) is 12.6. The minimum Gasteiger partial charge on any atom is -0.369 e. The Balaban J connectivity index is 2.40. The van der Waals surface area contributed by atoms with Crippen LogP contribution in [-0.4, -0.2) is 39.1 Å². The van der Waals surface area contributed by atoms with Crippen molar-refractivity contribution in [2.24, 2.45) is 0 Å². The molecule has 1 aromatic carbocycles. The van der Waals surface area contributed by atoms with E-state index in [2.05, 4.69) is 5.32 Å². The van der Waals surface area contributed by atoms with E-state index < -0.39 is 10.1 Å². The average molecular weight is 298 g/mol. The molecule has 1 saturated heterocycles.